The third-order valence-corrected chi connectivity index (χ3v) is 5.00. The molecule has 10 heteroatoms. The van der Waals surface area contributed by atoms with Crippen LogP contribution in [0.3, 0.4) is 0 Å². The van der Waals surface area contributed by atoms with E-state index < -0.39 is 34.2 Å². The summed E-state index contributed by atoms with van der Waals surface area (Å²) in [6.07, 6.45) is 0. The number of nitro groups is 1. The molecule has 2 aromatic carbocycles. The van der Waals surface area contributed by atoms with Gasteiger partial charge in [0.05, 0.1) is 39.4 Å². The minimum atomic E-state index is -1.37. The van der Waals surface area contributed by atoms with Gasteiger partial charge in [-0.2, -0.15) is 0 Å². The number of methoxy groups -OCH3 is 1. The molecular formula is C18H18N2O7S. The molecule has 0 spiro atoms. The van der Waals surface area contributed by atoms with Crippen LogP contribution in [0.5, 0.6) is 5.75 Å². The van der Waals surface area contributed by atoms with Crippen molar-refractivity contribution in [3.63, 3.8) is 0 Å². The Bertz CT molecular complexity index is 930. The number of carbonyl (C=O) groups excluding carboxylic acids is 2. The van der Waals surface area contributed by atoms with Crippen LogP contribution in [-0.2, 0) is 20.3 Å². The SMILES string of the molecule is CC[S@](=O)c1ccccc1C(=O)OCC(=O)Nc1ccc(OC)cc1[N+](=O)[O-]. The molecule has 0 aliphatic rings. The van der Waals surface area contributed by atoms with Crippen LogP contribution in [0.25, 0.3) is 0 Å². The summed E-state index contributed by atoms with van der Waals surface area (Å²) in [5, 5.41) is 13.5. The molecule has 0 fully saturated rings. The van der Waals surface area contributed by atoms with Crippen molar-refractivity contribution in [3.8, 4) is 5.75 Å². The first kappa shape index (κ1) is 21.0. The van der Waals surface area contributed by atoms with Gasteiger partial charge < -0.3 is 14.8 Å². The molecule has 9 nitrogen and oxygen atoms in total. The smallest absolute Gasteiger partial charge is 0.339 e. The van der Waals surface area contributed by atoms with Crippen LogP contribution >= 0.6 is 0 Å². The maximum absolute atomic E-state index is 12.2. The Morgan fingerprint density at radius 1 is 1.21 bits per heavy atom. The molecule has 2 rings (SSSR count). The van der Waals surface area contributed by atoms with E-state index in [0.29, 0.717) is 10.6 Å². The summed E-state index contributed by atoms with van der Waals surface area (Å²) in [6.45, 7) is 1.06. The summed E-state index contributed by atoms with van der Waals surface area (Å²) >= 11 is 0. The normalized spacial score (nSPS) is 11.4. The summed E-state index contributed by atoms with van der Waals surface area (Å²) in [7, 11) is -0.00685. The van der Waals surface area contributed by atoms with Crippen LogP contribution < -0.4 is 10.1 Å². The molecule has 1 N–H and O–H groups in total. The van der Waals surface area contributed by atoms with Gasteiger partial charge in [0, 0.05) is 5.75 Å². The number of rotatable bonds is 8. The molecule has 0 saturated carbocycles. The molecule has 0 aromatic heterocycles. The molecule has 0 unspecified atom stereocenters. The van der Waals surface area contributed by atoms with Gasteiger partial charge in [-0.1, -0.05) is 19.1 Å². The maximum atomic E-state index is 12.2. The Hall–Kier alpha value is -3.27. The van der Waals surface area contributed by atoms with E-state index >= 15 is 0 Å². The van der Waals surface area contributed by atoms with Crippen molar-refractivity contribution in [1.82, 2.24) is 0 Å². The van der Waals surface area contributed by atoms with Gasteiger partial charge in [-0.25, -0.2) is 4.79 Å². The van der Waals surface area contributed by atoms with Gasteiger partial charge in [-0.05, 0) is 24.3 Å². The Morgan fingerprint density at radius 3 is 2.57 bits per heavy atom. The molecule has 0 saturated heterocycles. The van der Waals surface area contributed by atoms with Crippen molar-refractivity contribution in [2.75, 3.05) is 24.8 Å². The topological polar surface area (TPSA) is 125 Å². The first-order valence-electron chi connectivity index (χ1n) is 8.14. The maximum Gasteiger partial charge on any atom is 0.339 e. The number of nitrogens with zero attached hydrogens (tertiary/aromatic N) is 1. The highest BCUT2D eigenvalue weighted by molar-refractivity contribution is 7.85. The van der Waals surface area contributed by atoms with E-state index in [2.05, 4.69) is 5.32 Å². The highest BCUT2D eigenvalue weighted by Gasteiger charge is 2.20. The van der Waals surface area contributed by atoms with Crippen LogP contribution in [0.15, 0.2) is 47.4 Å². The fraction of sp³-hybridized carbons (Fsp3) is 0.222. The molecule has 1 amide bonds. The number of hydrogen-bond donors (Lipinski definition) is 1. The molecule has 2 aromatic rings. The van der Waals surface area contributed by atoms with E-state index in [-0.39, 0.29) is 22.7 Å². The number of hydrogen-bond acceptors (Lipinski definition) is 7. The van der Waals surface area contributed by atoms with E-state index in [1.807, 2.05) is 0 Å². The zero-order valence-corrected chi connectivity index (χ0v) is 16.0. The first-order chi connectivity index (χ1) is 13.4. The minimum Gasteiger partial charge on any atom is -0.496 e. The van der Waals surface area contributed by atoms with E-state index in [1.165, 1.54) is 25.3 Å². The zero-order valence-electron chi connectivity index (χ0n) is 15.2. The predicted octanol–water partition coefficient (Wildman–Crippen LogP) is 2.53. The van der Waals surface area contributed by atoms with Gasteiger partial charge in [-0.3, -0.25) is 19.1 Å². The van der Waals surface area contributed by atoms with Crippen molar-refractivity contribution in [3.05, 3.63) is 58.1 Å². The number of nitrogens with one attached hydrogen (secondary N) is 1. The standard InChI is InChI=1S/C18H18N2O7S/c1-3-28(25)16-7-5-4-6-13(16)18(22)27-11-17(21)19-14-9-8-12(26-2)10-15(14)20(23)24/h4-10H,3,11H2,1-2H3,(H,19,21)/t28-/m0/s1. The monoisotopic (exact) mass is 406 g/mol. The van der Waals surface area contributed by atoms with Crippen LogP contribution in [0.1, 0.15) is 17.3 Å². The van der Waals surface area contributed by atoms with Gasteiger partial charge in [0.2, 0.25) is 0 Å². The lowest BCUT2D eigenvalue weighted by molar-refractivity contribution is -0.384. The number of carbonyl (C=O) groups is 2. The number of esters is 1. The summed E-state index contributed by atoms with van der Waals surface area (Å²) in [5.74, 6) is -0.976. The number of amides is 1. The quantitative estimate of drug-likeness (QED) is 0.406. The van der Waals surface area contributed by atoms with E-state index in [0.717, 1.165) is 6.07 Å². The summed E-state index contributed by atoms with van der Waals surface area (Å²) < 4.78 is 21.9. The Balaban J connectivity index is 2.07. The fourth-order valence-electron chi connectivity index (χ4n) is 2.28. The van der Waals surface area contributed by atoms with Crippen LogP contribution in [0.2, 0.25) is 0 Å². The highest BCUT2D eigenvalue weighted by atomic mass is 32.2. The average molecular weight is 406 g/mol. The molecule has 148 valence electrons. The summed E-state index contributed by atoms with van der Waals surface area (Å²) in [5.41, 5.74) is -0.312. The van der Waals surface area contributed by atoms with Crippen LogP contribution in [-0.4, -0.2) is 40.5 Å². The second-order valence-corrected chi connectivity index (χ2v) is 7.10. The number of ether oxygens (including phenoxy) is 2. The van der Waals surface area contributed by atoms with Gasteiger partial charge in [-0.15, -0.1) is 0 Å². The summed E-state index contributed by atoms with van der Waals surface area (Å²) in [4.78, 5) is 35.1. The predicted molar refractivity (Wildman–Crippen MR) is 102 cm³/mol. The molecule has 0 heterocycles. The molecular weight excluding hydrogens is 388 g/mol. The fourth-order valence-corrected chi connectivity index (χ4v) is 3.22. The van der Waals surface area contributed by atoms with Gasteiger partial charge in [0.1, 0.15) is 11.4 Å². The third kappa shape index (κ3) is 5.13. The van der Waals surface area contributed by atoms with Crippen molar-refractivity contribution in [2.24, 2.45) is 0 Å². The number of anilines is 1. The van der Waals surface area contributed by atoms with Crippen molar-refractivity contribution < 1.29 is 28.2 Å². The number of benzene rings is 2. The van der Waals surface area contributed by atoms with Gasteiger partial charge in [0.25, 0.3) is 11.6 Å². The lowest BCUT2D eigenvalue weighted by atomic mass is 10.2. The van der Waals surface area contributed by atoms with Crippen LogP contribution in [0, 0.1) is 10.1 Å². The van der Waals surface area contributed by atoms with Crippen molar-refractivity contribution in [1.29, 1.82) is 0 Å². The highest BCUT2D eigenvalue weighted by Crippen LogP contribution is 2.28. The minimum absolute atomic E-state index is 0.0562. The third-order valence-electron chi connectivity index (χ3n) is 3.62. The number of nitro benzene ring substituents is 1. The molecule has 1 atom stereocenters. The first-order valence-corrected chi connectivity index (χ1v) is 9.46. The largest absolute Gasteiger partial charge is 0.496 e. The van der Waals surface area contributed by atoms with E-state index in [1.54, 1.807) is 25.1 Å². The Kier molecular flexibility index (Phi) is 7.21. The molecule has 0 bridgehead atoms. The van der Waals surface area contributed by atoms with E-state index in [4.69, 9.17) is 9.47 Å². The lowest BCUT2D eigenvalue weighted by Gasteiger charge is -2.10. The van der Waals surface area contributed by atoms with Gasteiger partial charge in [0.15, 0.2) is 6.61 Å². The van der Waals surface area contributed by atoms with Crippen LogP contribution in [0.4, 0.5) is 11.4 Å². The Morgan fingerprint density at radius 2 is 1.93 bits per heavy atom. The molecule has 0 aliphatic heterocycles. The average Bonchev–Trinajstić information content (AvgIpc) is 2.71. The second kappa shape index (κ2) is 9.60. The second-order valence-electron chi connectivity index (χ2n) is 5.39. The Labute approximate surface area is 163 Å². The molecule has 0 aliphatic carbocycles. The molecule has 28 heavy (non-hydrogen) atoms. The van der Waals surface area contributed by atoms with Crippen molar-refractivity contribution in [2.45, 2.75) is 11.8 Å². The van der Waals surface area contributed by atoms with Gasteiger partial charge >= 0.3 is 5.97 Å². The lowest BCUT2D eigenvalue weighted by Crippen LogP contribution is -2.22. The summed E-state index contributed by atoms with van der Waals surface area (Å²) in [6, 6.07) is 10.2. The van der Waals surface area contributed by atoms with E-state index in [9.17, 15) is 23.9 Å². The van der Waals surface area contributed by atoms with Crippen molar-refractivity contribution >= 4 is 34.1 Å². The molecule has 0 radical (unpaired) electrons. The zero-order chi connectivity index (χ0) is 20.7.